The average molecular weight is 402 g/mol. The smallest absolute Gasteiger partial charge is 0.416 e. The second kappa shape index (κ2) is 10.0. The molecule has 1 aromatic rings. The molecule has 1 aliphatic rings. The van der Waals surface area contributed by atoms with E-state index in [0.29, 0.717) is 19.7 Å². The van der Waals surface area contributed by atoms with Crippen molar-refractivity contribution in [2.75, 3.05) is 32.8 Å². The molecule has 0 radical (unpaired) electrons. The van der Waals surface area contributed by atoms with Crippen LogP contribution in [0.4, 0.5) is 18.0 Å². The first-order valence-electron chi connectivity index (χ1n) is 9.07. The maximum absolute atomic E-state index is 12.7. The van der Waals surface area contributed by atoms with Crippen LogP contribution in [0, 0.1) is 0 Å². The van der Waals surface area contributed by atoms with E-state index in [1.165, 1.54) is 12.1 Å². The van der Waals surface area contributed by atoms with Gasteiger partial charge in [-0.3, -0.25) is 0 Å². The molecule has 7 nitrogen and oxygen atoms in total. The van der Waals surface area contributed by atoms with E-state index in [1.54, 1.807) is 11.8 Å². The number of nitrogens with one attached hydrogen (secondary N) is 1. The first kappa shape index (κ1) is 21.6. The number of nitrogens with two attached hydrogens (primary N) is 1. The molecule has 2 rings (SSSR count). The van der Waals surface area contributed by atoms with Crippen molar-refractivity contribution in [3.05, 3.63) is 29.8 Å². The van der Waals surface area contributed by atoms with E-state index in [-0.39, 0.29) is 37.0 Å². The highest BCUT2D eigenvalue weighted by atomic mass is 19.4. The Bertz CT molecular complexity index is 674. The van der Waals surface area contributed by atoms with E-state index in [9.17, 15) is 18.0 Å². The Balaban J connectivity index is 1.70. The van der Waals surface area contributed by atoms with Crippen LogP contribution in [-0.4, -0.2) is 55.8 Å². The van der Waals surface area contributed by atoms with Crippen LogP contribution in [0.1, 0.15) is 25.3 Å². The molecule has 156 valence electrons. The highest BCUT2D eigenvalue weighted by Gasteiger charge is 2.30. The summed E-state index contributed by atoms with van der Waals surface area (Å²) in [5.41, 5.74) is 5.08. The van der Waals surface area contributed by atoms with E-state index in [2.05, 4.69) is 10.3 Å². The number of benzene rings is 1. The van der Waals surface area contributed by atoms with E-state index < -0.39 is 11.7 Å². The fourth-order valence-corrected chi connectivity index (χ4v) is 2.77. The van der Waals surface area contributed by atoms with Gasteiger partial charge in [0.1, 0.15) is 12.4 Å². The van der Waals surface area contributed by atoms with Gasteiger partial charge in [-0.15, -0.1) is 0 Å². The molecule has 0 bridgehead atoms. The summed E-state index contributed by atoms with van der Waals surface area (Å²) in [7, 11) is 0. The van der Waals surface area contributed by atoms with Crippen LogP contribution in [0.3, 0.4) is 0 Å². The molecule has 1 saturated heterocycles. The zero-order valence-corrected chi connectivity index (χ0v) is 15.7. The summed E-state index contributed by atoms with van der Waals surface area (Å²) in [6, 6.07) is 4.78. The Labute approximate surface area is 161 Å². The number of carbonyl (C=O) groups is 1. The van der Waals surface area contributed by atoms with Gasteiger partial charge in [0.2, 0.25) is 0 Å². The molecule has 28 heavy (non-hydrogen) atoms. The van der Waals surface area contributed by atoms with E-state index in [1.807, 2.05) is 0 Å². The van der Waals surface area contributed by atoms with Gasteiger partial charge in [-0.05, 0) is 38.0 Å². The number of halogens is 3. The molecular formula is C18H25F3N4O3. The lowest BCUT2D eigenvalue weighted by molar-refractivity contribution is -0.137. The highest BCUT2D eigenvalue weighted by Crippen LogP contribution is 2.31. The molecule has 1 heterocycles. The average Bonchev–Trinajstić information content (AvgIpc) is 2.65. The third kappa shape index (κ3) is 6.82. The number of piperidine rings is 1. The van der Waals surface area contributed by atoms with Crippen LogP contribution in [0.15, 0.2) is 29.3 Å². The van der Waals surface area contributed by atoms with Gasteiger partial charge in [0.05, 0.1) is 18.7 Å². The topological polar surface area (TPSA) is 89.2 Å². The monoisotopic (exact) mass is 402 g/mol. The van der Waals surface area contributed by atoms with Crippen molar-refractivity contribution in [2.24, 2.45) is 10.7 Å². The quantitative estimate of drug-likeness (QED) is 0.434. The lowest BCUT2D eigenvalue weighted by atomic mass is 10.1. The molecule has 0 aromatic heterocycles. The number of hydrogen-bond donors (Lipinski definition) is 2. The summed E-state index contributed by atoms with van der Waals surface area (Å²) < 4.78 is 48.2. The molecule has 0 atom stereocenters. The number of guanidine groups is 1. The minimum absolute atomic E-state index is 0.0961. The largest absolute Gasteiger partial charge is 0.492 e. The molecule has 1 fully saturated rings. The van der Waals surface area contributed by atoms with Crippen LogP contribution in [0.25, 0.3) is 0 Å². The van der Waals surface area contributed by atoms with E-state index >= 15 is 0 Å². The van der Waals surface area contributed by atoms with Gasteiger partial charge in [-0.25, -0.2) is 9.79 Å². The molecule has 1 aliphatic heterocycles. The maximum atomic E-state index is 12.7. The SMILES string of the molecule is CCOC(=O)N1CCC(NC(N)=NCCOc2cccc(C(F)(F)F)c2)CC1. The third-order valence-corrected chi connectivity index (χ3v) is 4.18. The summed E-state index contributed by atoms with van der Waals surface area (Å²) in [6.07, 6.45) is -3.28. The minimum atomic E-state index is -4.41. The second-order valence-electron chi connectivity index (χ2n) is 6.25. The predicted molar refractivity (Wildman–Crippen MR) is 98.2 cm³/mol. The number of amides is 1. The Morgan fingerprint density at radius 3 is 2.71 bits per heavy atom. The van der Waals surface area contributed by atoms with Gasteiger partial charge in [-0.2, -0.15) is 13.2 Å². The summed E-state index contributed by atoms with van der Waals surface area (Å²) in [5, 5.41) is 3.08. The summed E-state index contributed by atoms with van der Waals surface area (Å²) in [4.78, 5) is 17.4. The van der Waals surface area contributed by atoms with Crippen molar-refractivity contribution in [3.8, 4) is 5.75 Å². The molecule has 0 aliphatic carbocycles. The molecule has 1 amide bonds. The fraction of sp³-hybridized carbons (Fsp3) is 0.556. The van der Waals surface area contributed by atoms with Crippen molar-refractivity contribution in [1.29, 1.82) is 0 Å². The third-order valence-electron chi connectivity index (χ3n) is 4.18. The highest BCUT2D eigenvalue weighted by molar-refractivity contribution is 5.78. The molecule has 0 saturated carbocycles. The second-order valence-corrected chi connectivity index (χ2v) is 6.25. The van der Waals surface area contributed by atoms with Crippen LogP contribution in [0.2, 0.25) is 0 Å². The summed E-state index contributed by atoms with van der Waals surface area (Å²) in [5.74, 6) is 0.366. The molecule has 0 unspecified atom stereocenters. The lowest BCUT2D eigenvalue weighted by Gasteiger charge is -2.31. The van der Waals surface area contributed by atoms with Crippen molar-refractivity contribution < 1.29 is 27.4 Å². The predicted octanol–water partition coefficient (Wildman–Crippen LogP) is 2.61. The fourth-order valence-electron chi connectivity index (χ4n) is 2.77. The number of carbonyl (C=O) groups excluding carboxylic acids is 1. The van der Waals surface area contributed by atoms with E-state index in [4.69, 9.17) is 15.2 Å². The van der Waals surface area contributed by atoms with Gasteiger partial charge in [-0.1, -0.05) is 6.07 Å². The Kier molecular flexibility index (Phi) is 7.77. The number of nitrogens with zero attached hydrogens (tertiary/aromatic N) is 2. The standard InChI is InChI=1S/C18H25F3N4O3/c1-2-27-17(26)25-9-6-14(7-10-25)24-16(22)23-8-11-28-15-5-3-4-13(12-15)18(19,20)21/h3-5,12,14H,2,6-11H2,1H3,(H3,22,23,24). The van der Waals surface area contributed by atoms with Crippen molar-refractivity contribution >= 4 is 12.1 Å². The van der Waals surface area contributed by atoms with Crippen LogP contribution in [0.5, 0.6) is 5.75 Å². The summed E-state index contributed by atoms with van der Waals surface area (Å²) >= 11 is 0. The first-order valence-corrected chi connectivity index (χ1v) is 9.07. The van der Waals surface area contributed by atoms with E-state index in [0.717, 1.165) is 25.0 Å². The van der Waals surface area contributed by atoms with Gasteiger partial charge in [0.15, 0.2) is 5.96 Å². The number of aliphatic imine (C=N–C) groups is 1. The van der Waals surface area contributed by atoms with Crippen LogP contribution >= 0.6 is 0 Å². The first-order chi connectivity index (χ1) is 13.3. The number of hydrogen-bond acceptors (Lipinski definition) is 4. The molecule has 10 heteroatoms. The Morgan fingerprint density at radius 2 is 2.07 bits per heavy atom. The minimum Gasteiger partial charge on any atom is -0.492 e. The Morgan fingerprint density at radius 1 is 1.36 bits per heavy atom. The van der Waals surface area contributed by atoms with Crippen molar-refractivity contribution in [2.45, 2.75) is 32.0 Å². The number of alkyl halides is 3. The molecule has 3 N–H and O–H groups in total. The van der Waals surface area contributed by atoms with Crippen molar-refractivity contribution in [3.63, 3.8) is 0 Å². The number of rotatable bonds is 6. The number of likely N-dealkylation sites (tertiary alicyclic amines) is 1. The molecular weight excluding hydrogens is 377 g/mol. The zero-order valence-electron chi connectivity index (χ0n) is 15.7. The maximum Gasteiger partial charge on any atom is 0.416 e. The Hall–Kier alpha value is -2.65. The molecule has 0 spiro atoms. The van der Waals surface area contributed by atoms with Gasteiger partial charge in [0.25, 0.3) is 0 Å². The summed E-state index contributed by atoms with van der Waals surface area (Å²) in [6.45, 7) is 3.56. The van der Waals surface area contributed by atoms with Gasteiger partial charge in [0, 0.05) is 19.1 Å². The van der Waals surface area contributed by atoms with Gasteiger partial charge < -0.3 is 25.4 Å². The molecule has 1 aromatic carbocycles. The lowest BCUT2D eigenvalue weighted by Crippen LogP contribution is -2.48. The van der Waals surface area contributed by atoms with Crippen molar-refractivity contribution in [1.82, 2.24) is 10.2 Å². The normalized spacial score (nSPS) is 16.0. The number of ether oxygens (including phenoxy) is 2. The zero-order chi connectivity index (χ0) is 20.6. The van der Waals surface area contributed by atoms with Gasteiger partial charge >= 0.3 is 12.3 Å². The van der Waals surface area contributed by atoms with Crippen LogP contribution < -0.4 is 15.8 Å². The van der Waals surface area contributed by atoms with Crippen LogP contribution in [-0.2, 0) is 10.9 Å².